The Morgan fingerprint density at radius 1 is 1.17 bits per heavy atom. The Balaban J connectivity index is 1.97. The van der Waals surface area contributed by atoms with Crippen LogP contribution in [0.15, 0.2) is 58.0 Å². The van der Waals surface area contributed by atoms with Crippen LogP contribution in [0.1, 0.15) is 12.5 Å². The molecule has 0 aliphatic carbocycles. The minimum absolute atomic E-state index is 0.112. The molecule has 10 heteroatoms. The van der Waals surface area contributed by atoms with E-state index in [2.05, 4.69) is 9.39 Å². The van der Waals surface area contributed by atoms with Crippen molar-refractivity contribution in [3.8, 4) is 0 Å². The van der Waals surface area contributed by atoms with Gasteiger partial charge >= 0.3 is 10.1 Å². The lowest BCUT2D eigenvalue weighted by molar-refractivity contribution is -0.114. The molecule has 2 N–H and O–H groups in total. The van der Waals surface area contributed by atoms with Gasteiger partial charge < -0.3 is 4.90 Å². The third-order valence-corrected chi connectivity index (χ3v) is 5.75. The fourth-order valence-electron chi connectivity index (χ4n) is 2.75. The quantitative estimate of drug-likeness (QED) is 0.573. The van der Waals surface area contributed by atoms with Crippen LogP contribution in [0.2, 0.25) is 5.02 Å². The number of amides is 1. The molecule has 0 radical (unpaired) electrons. The third-order valence-electron chi connectivity index (χ3n) is 4.34. The number of anilines is 2. The molecule has 0 unspecified atom stereocenters. The molecule has 1 amide bonds. The number of nitrogens with two attached hydrogens (primary N) is 1. The molecule has 0 atom stereocenters. The highest BCUT2D eigenvalue weighted by atomic mass is 35.5. The molecule has 152 valence electrons. The first-order chi connectivity index (χ1) is 13.6. The highest BCUT2D eigenvalue weighted by molar-refractivity contribution is 7.86. The molecule has 0 saturated carbocycles. The Morgan fingerprint density at radius 2 is 1.83 bits per heavy atom. The Bertz CT molecular complexity index is 1130. The number of carbonyl (C=O) groups is 1. The zero-order valence-corrected chi connectivity index (χ0v) is 17.5. The lowest BCUT2D eigenvalue weighted by atomic mass is 10.1. The Labute approximate surface area is 173 Å². The number of halogens is 1. The molecule has 2 aromatic carbocycles. The van der Waals surface area contributed by atoms with Crippen molar-refractivity contribution < 1.29 is 17.5 Å². The fraction of sp³-hybridized carbons (Fsp3) is 0.158. The van der Waals surface area contributed by atoms with Crippen molar-refractivity contribution in [1.29, 1.82) is 0 Å². The van der Waals surface area contributed by atoms with Crippen LogP contribution >= 0.6 is 11.6 Å². The number of rotatable bonds is 5. The first-order valence-electron chi connectivity index (χ1n) is 8.46. The molecule has 8 nitrogen and oxygen atoms in total. The maximum atomic E-state index is 12.9. The molecule has 29 heavy (non-hydrogen) atoms. The molecule has 0 fully saturated rings. The Morgan fingerprint density at radius 3 is 2.41 bits per heavy atom. The molecule has 0 spiro atoms. The van der Waals surface area contributed by atoms with Gasteiger partial charge in [-0.25, -0.2) is 0 Å². The normalized spacial score (nSPS) is 15.8. The van der Waals surface area contributed by atoms with Crippen LogP contribution in [0.5, 0.6) is 0 Å². The summed E-state index contributed by atoms with van der Waals surface area (Å²) in [5.41, 5.74) is 2.83. The van der Waals surface area contributed by atoms with Gasteiger partial charge in [-0.3, -0.25) is 4.79 Å². The standard InChI is InChI=1S/C19H19ClN4O4S/c1-12-16(10-13-4-6-14(7-5-13)23(2)3)19(25)24(22-12)18-11-15(8-9-17(18)20)29(26,27)28-21/h4-11H,21H2,1-3H3/b16-10-. The predicted octanol–water partition coefficient (Wildman–Crippen LogP) is 2.79. The van der Waals surface area contributed by atoms with Gasteiger partial charge in [-0.2, -0.15) is 28.7 Å². The summed E-state index contributed by atoms with van der Waals surface area (Å²) in [5, 5.41) is 5.46. The van der Waals surface area contributed by atoms with Gasteiger partial charge in [0.25, 0.3) is 5.91 Å². The lowest BCUT2D eigenvalue weighted by Gasteiger charge is -2.15. The van der Waals surface area contributed by atoms with Crippen LogP contribution in [0, 0.1) is 0 Å². The minimum Gasteiger partial charge on any atom is -0.378 e. The molecular formula is C19H19ClN4O4S. The SMILES string of the molecule is CC1=NN(c2cc(S(=O)(=O)ON)ccc2Cl)C(=O)/C1=C\c1ccc(N(C)C)cc1. The average molecular weight is 435 g/mol. The van der Waals surface area contributed by atoms with E-state index in [9.17, 15) is 13.2 Å². The minimum atomic E-state index is -4.16. The van der Waals surface area contributed by atoms with Crippen molar-refractivity contribution in [2.75, 3.05) is 24.0 Å². The van der Waals surface area contributed by atoms with Gasteiger partial charge in [0.15, 0.2) is 0 Å². The molecule has 1 aliphatic heterocycles. The maximum absolute atomic E-state index is 12.9. The van der Waals surface area contributed by atoms with E-state index >= 15 is 0 Å². The van der Waals surface area contributed by atoms with E-state index in [4.69, 9.17) is 17.5 Å². The number of carbonyl (C=O) groups excluding carboxylic acids is 1. The number of hydrogen-bond acceptors (Lipinski definition) is 7. The largest absolute Gasteiger partial charge is 0.378 e. The van der Waals surface area contributed by atoms with Crippen LogP contribution in [-0.2, 0) is 19.2 Å². The van der Waals surface area contributed by atoms with Crippen molar-refractivity contribution in [2.24, 2.45) is 11.0 Å². The van der Waals surface area contributed by atoms with E-state index < -0.39 is 16.0 Å². The van der Waals surface area contributed by atoms with Gasteiger partial charge in [-0.15, -0.1) is 0 Å². The van der Waals surface area contributed by atoms with Crippen molar-refractivity contribution in [1.82, 2.24) is 0 Å². The molecule has 1 heterocycles. The van der Waals surface area contributed by atoms with E-state index in [0.717, 1.165) is 16.3 Å². The summed E-state index contributed by atoms with van der Waals surface area (Å²) in [6.45, 7) is 1.69. The van der Waals surface area contributed by atoms with Crippen molar-refractivity contribution in [3.63, 3.8) is 0 Å². The molecular weight excluding hydrogens is 416 g/mol. The monoisotopic (exact) mass is 434 g/mol. The highest BCUT2D eigenvalue weighted by Gasteiger charge is 2.31. The zero-order chi connectivity index (χ0) is 21.3. The van der Waals surface area contributed by atoms with E-state index in [1.54, 1.807) is 13.0 Å². The Kier molecular flexibility index (Phi) is 5.76. The van der Waals surface area contributed by atoms with Crippen molar-refractivity contribution in [3.05, 3.63) is 58.6 Å². The van der Waals surface area contributed by atoms with Gasteiger partial charge in [0.2, 0.25) is 0 Å². The van der Waals surface area contributed by atoms with Gasteiger partial charge in [-0.05, 0) is 48.9 Å². The van der Waals surface area contributed by atoms with Gasteiger partial charge in [0.1, 0.15) is 0 Å². The average Bonchev–Trinajstić information content (AvgIpc) is 2.96. The molecule has 0 bridgehead atoms. The molecule has 1 aliphatic rings. The topological polar surface area (TPSA) is 105 Å². The fourth-order valence-corrected chi connectivity index (χ4v) is 3.55. The number of nitrogens with zero attached hydrogens (tertiary/aromatic N) is 3. The summed E-state index contributed by atoms with van der Waals surface area (Å²) in [6, 6.07) is 11.4. The van der Waals surface area contributed by atoms with Crippen LogP contribution < -0.4 is 15.8 Å². The smallest absolute Gasteiger partial charge is 0.312 e. The summed E-state index contributed by atoms with van der Waals surface area (Å²) < 4.78 is 27.8. The second-order valence-corrected chi connectivity index (χ2v) is 8.49. The molecule has 0 aromatic heterocycles. The van der Waals surface area contributed by atoms with E-state index in [1.807, 2.05) is 43.3 Å². The van der Waals surface area contributed by atoms with Crippen LogP contribution in [0.4, 0.5) is 11.4 Å². The second kappa shape index (κ2) is 7.96. The number of hydrazone groups is 1. The van der Waals surface area contributed by atoms with Crippen LogP contribution in [0.25, 0.3) is 6.08 Å². The summed E-state index contributed by atoms with van der Waals surface area (Å²) in [4.78, 5) is 14.7. The highest BCUT2D eigenvalue weighted by Crippen LogP contribution is 2.33. The van der Waals surface area contributed by atoms with E-state index in [0.29, 0.717) is 11.3 Å². The number of hydrogen-bond donors (Lipinski definition) is 1. The van der Waals surface area contributed by atoms with Gasteiger partial charge in [0.05, 0.1) is 26.9 Å². The zero-order valence-electron chi connectivity index (χ0n) is 16.0. The molecule has 2 aromatic rings. The first kappa shape index (κ1) is 21.0. The van der Waals surface area contributed by atoms with Gasteiger partial charge in [-0.1, -0.05) is 23.7 Å². The summed E-state index contributed by atoms with van der Waals surface area (Å²) in [7, 11) is -0.275. The first-order valence-corrected chi connectivity index (χ1v) is 10.2. The summed E-state index contributed by atoms with van der Waals surface area (Å²) in [5.74, 6) is 4.40. The summed E-state index contributed by atoms with van der Waals surface area (Å²) in [6.07, 6.45) is 1.72. The lowest BCUT2D eigenvalue weighted by Crippen LogP contribution is -2.22. The summed E-state index contributed by atoms with van der Waals surface area (Å²) >= 11 is 6.18. The van der Waals surface area contributed by atoms with Gasteiger partial charge in [0, 0.05) is 19.8 Å². The molecule has 0 saturated heterocycles. The van der Waals surface area contributed by atoms with Crippen molar-refractivity contribution >= 4 is 50.8 Å². The number of benzene rings is 2. The van der Waals surface area contributed by atoms with E-state index in [-0.39, 0.29) is 15.6 Å². The van der Waals surface area contributed by atoms with Crippen LogP contribution in [0.3, 0.4) is 0 Å². The van der Waals surface area contributed by atoms with Crippen molar-refractivity contribution in [2.45, 2.75) is 11.8 Å². The predicted molar refractivity (Wildman–Crippen MR) is 113 cm³/mol. The van der Waals surface area contributed by atoms with Crippen LogP contribution in [-0.4, -0.2) is 34.1 Å². The Hall–Kier alpha value is -2.72. The van der Waals surface area contributed by atoms with E-state index in [1.165, 1.54) is 18.2 Å². The second-order valence-electron chi connectivity index (χ2n) is 6.51. The maximum Gasteiger partial charge on any atom is 0.312 e. The molecule has 3 rings (SSSR count). The third kappa shape index (κ3) is 4.18.